The maximum atomic E-state index is 13.1. The molecule has 0 saturated heterocycles. The first-order valence-corrected chi connectivity index (χ1v) is 10.1. The molecular formula is C19H23FN2O3S. The first-order chi connectivity index (χ1) is 12.2. The molecule has 0 aliphatic rings. The fraction of sp³-hybridized carbons (Fsp3) is 0.316. The molecule has 140 valence electrons. The Balaban J connectivity index is 2.16. The van der Waals surface area contributed by atoms with Gasteiger partial charge in [-0.25, -0.2) is 12.8 Å². The molecule has 0 heterocycles. The molecule has 1 atom stereocenters. The van der Waals surface area contributed by atoms with Crippen LogP contribution >= 0.6 is 0 Å². The Bertz CT molecular complexity index is 849. The van der Waals surface area contributed by atoms with Gasteiger partial charge < -0.3 is 5.32 Å². The summed E-state index contributed by atoms with van der Waals surface area (Å²) in [5, 5.41) is 2.87. The minimum atomic E-state index is -3.69. The van der Waals surface area contributed by atoms with Gasteiger partial charge in [0, 0.05) is 0 Å². The molecule has 26 heavy (non-hydrogen) atoms. The van der Waals surface area contributed by atoms with Crippen LogP contribution in [0.25, 0.3) is 0 Å². The number of nitrogens with zero attached hydrogens (tertiary/aromatic N) is 1. The molecular weight excluding hydrogens is 355 g/mol. The highest BCUT2D eigenvalue weighted by molar-refractivity contribution is 7.92. The lowest BCUT2D eigenvalue weighted by Crippen LogP contribution is -2.41. The number of hydrogen-bond donors (Lipinski definition) is 1. The maximum absolute atomic E-state index is 13.1. The third-order valence-electron chi connectivity index (χ3n) is 4.03. The van der Waals surface area contributed by atoms with Gasteiger partial charge in [0.25, 0.3) is 0 Å². The molecule has 7 heteroatoms. The molecule has 0 radical (unpaired) electrons. The second-order valence-electron chi connectivity index (χ2n) is 6.19. The van der Waals surface area contributed by atoms with Crippen molar-refractivity contribution in [2.75, 3.05) is 17.1 Å². The van der Waals surface area contributed by atoms with Gasteiger partial charge in [0.15, 0.2) is 0 Å². The van der Waals surface area contributed by atoms with Gasteiger partial charge in [-0.2, -0.15) is 0 Å². The van der Waals surface area contributed by atoms with Crippen LogP contribution in [0.3, 0.4) is 0 Å². The Hall–Kier alpha value is -2.41. The number of aryl methyl sites for hydroxylation is 1. The van der Waals surface area contributed by atoms with E-state index in [2.05, 4.69) is 5.32 Å². The van der Waals surface area contributed by atoms with Crippen molar-refractivity contribution in [1.29, 1.82) is 0 Å². The van der Waals surface area contributed by atoms with Crippen molar-refractivity contribution in [2.45, 2.75) is 26.3 Å². The molecule has 0 saturated carbocycles. The Kier molecular flexibility index (Phi) is 6.37. The van der Waals surface area contributed by atoms with Crippen LogP contribution in [-0.4, -0.2) is 27.1 Å². The normalized spacial score (nSPS) is 12.5. The van der Waals surface area contributed by atoms with Crippen molar-refractivity contribution in [3.8, 4) is 0 Å². The first-order valence-electron chi connectivity index (χ1n) is 8.30. The van der Waals surface area contributed by atoms with Gasteiger partial charge in [0.05, 0.1) is 18.0 Å². The Labute approximate surface area is 153 Å². The number of benzene rings is 2. The summed E-state index contributed by atoms with van der Waals surface area (Å²) in [5.74, 6) is -0.899. The number of halogens is 1. The second kappa shape index (κ2) is 8.31. The van der Waals surface area contributed by atoms with E-state index in [1.807, 2.05) is 38.1 Å². The highest BCUT2D eigenvalue weighted by Crippen LogP contribution is 2.20. The summed E-state index contributed by atoms with van der Waals surface area (Å²) in [6, 6.07) is 12.6. The molecule has 2 aromatic carbocycles. The summed E-state index contributed by atoms with van der Waals surface area (Å²) in [5.41, 5.74) is 2.32. The Morgan fingerprint density at radius 1 is 1.12 bits per heavy atom. The van der Waals surface area contributed by atoms with Gasteiger partial charge in [-0.3, -0.25) is 9.10 Å². The van der Waals surface area contributed by atoms with Crippen LogP contribution in [-0.2, 0) is 14.8 Å². The van der Waals surface area contributed by atoms with Crippen molar-refractivity contribution in [2.24, 2.45) is 0 Å². The molecule has 0 spiro atoms. The van der Waals surface area contributed by atoms with E-state index in [-0.39, 0.29) is 18.3 Å². The summed E-state index contributed by atoms with van der Waals surface area (Å²) < 4.78 is 38.2. The minimum absolute atomic E-state index is 0.210. The summed E-state index contributed by atoms with van der Waals surface area (Å²) >= 11 is 0. The van der Waals surface area contributed by atoms with E-state index in [1.54, 1.807) is 0 Å². The number of carbonyl (C=O) groups is 1. The molecule has 1 unspecified atom stereocenters. The zero-order valence-electron chi connectivity index (χ0n) is 15.1. The number of rotatable bonds is 7. The van der Waals surface area contributed by atoms with Crippen LogP contribution in [0.15, 0.2) is 48.5 Å². The lowest BCUT2D eigenvalue weighted by Gasteiger charge is -2.24. The number of anilines is 1. The Morgan fingerprint density at radius 2 is 1.69 bits per heavy atom. The molecule has 0 fully saturated rings. The Morgan fingerprint density at radius 3 is 2.19 bits per heavy atom. The van der Waals surface area contributed by atoms with E-state index in [0.717, 1.165) is 33.8 Å². The summed E-state index contributed by atoms with van der Waals surface area (Å²) in [7, 11) is -3.69. The van der Waals surface area contributed by atoms with Crippen LogP contribution in [0.1, 0.15) is 30.5 Å². The minimum Gasteiger partial charge on any atom is -0.348 e. The number of sulfonamides is 1. The zero-order valence-corrected chi connectivity index (χ0v) is 15.9. The average Bonchev–Trinajstić information content (AvgIpc) is 2.58. The van der Waals surface area contributed by atoms with Gasteiger partial charge >= 0.3 is 0 Å². The van der Waals surface area contributed by atoms with Crippen LogP contribution in [0.2, 0.25) is 0 Å². The van der Waals surface area contributed by atoms with Crippen molar-refractivity contribution < 1.29 is 17.6 Å². The average molecular weight is 378 g/mol. The largest absolute Gasteiger partial charge is 0.348 e. The number of carbonyl (C=O) groups excluding carboxylic acids is 1. The molecule has 0 aliphatic heterocycles. The number of hydrogen-bond acceptors (Lipinski definition) is 3. The van der Waals surface area contributed by atoms with E-state index in [9.17, 15) is 17.6 Å². The van der Waals surface area contributed by atoms with Crippen molar-refractivity contribution in [3.05, 3.63) is 65.5 Å². The third kappa shape index (κ3) is 5.29. The molecule has 5 nitrogen and oxygen atoms in total. The van der Waals surface area contributed by atoms with Crippen molar-refractivity contribution >= 4 is 21.6 Å². The zero-order chi connectivity index (χ0) is 19.3. The monoisotopic (exact) mass is 378 g/mol. The summed E-state index contributed by atoms with van der Waals surface area (Å²) in [6.07, 6.45) is 1.69. The molecule has 2 rings (SSSR count). The maximum Gasteiger partial charge on any atom is 0.241 e. The fourth-order valence-electron chi connectivity index (χ4n) is 2.60. The van der Waals surface area contributed by atoms with Gasteiger partial charge in [-0.15, -0.1) is 0 Å². The standard InChI is InChI=1S/C19H23FN2O3S/c1-4-18(15-7-5-14(2)6-8-15)21-19(23)13-22(26(3,24)25)17-11-9-16(20)10-12-17/h5-12,18H,4,13H2,1-3H3,(H,21,23). The smallest absolute Gasteiger partial charge is 0.241 e. The molecule has 1 N–H and O–H groups in total. The highest BCUT2D eigenvalue weighted by atomic mass is 32.2. The molecule has 0 aromatic heterocycles. The van der Waals surface area contributed by atoms with Crippen LogP contribution in [0.4, 0.5) is 10.1 Å². The van der Waals surface area contributed by atoms with E-state index in [4.69, 9.17) is 0 Å². The summed E-state index contributed by atoms with van der Waals surface area (Å²) in [6.45, 7) is 3.56. The topological polar surface area (TPSA) is 66.5 Å². The van der Waals surface area contributed by atoms with Crippen molar-refractivity contribution in [1.82, 2.24) is 5.32 Å². The van der Waals surface area contributed by atoms with Crippen LogP contribution < -0.4 is 9.62 Å². The number of amides is 1. The van der Waals surface area contributed by atoms with Crippen LogP contribution in [0.5, 0.6) is 0 Å². The number of nitrogens with one attached hydrogen (secondary N) is 1. The van der Waals surface area contributed by atoms with E-state index in [0.29, 0.717) is 6.42 Å². The van der Waals surface area contributed by atoms with Gasteiger partial charge in [-0.05, 0) is 43.2 Å². The lowest BCUT2D eigenvalue weighted by molar-refractivity contribution is -0.120. The first kappa shape index (κ1) is 19.9. The highest BCUT2D eigenvalue weighted by Gasteiger charge is 2.22. The van der Waals surface area contributed by atoms with E-state index < -0.39 is 21.7 Å². The lowest BCUT2D eigenvalue weighted by atomic mass is 10.0. The SMILES string of the molecule is CCC(NC(=O)CN(c1ccc(F)cc1)S(C)(=O)=O)c1ccc(C)cc1. The van der Waals surface area contributed by atoms with Crippen LogP contribution in [0, 0.1) is 12.7 Å². The quantitative estimate of drug-likeness (QED) is 0.805. The van der Waals surface area contributed by atoms with Crippen molar-refractivity contribution in [3.63, 3.8) is 0 Å². The second-order valence-corrected chi connectivity index (χ2v) is 8.09. The van der Waals surface area contributed by atoms with Gasteiger partial charge in [-0.1, -0.05) is 36.8 Å². The summed E-state index contributed by atoms with van der Waals surface area (Å²) in [4.78, 5) is 12.5. The third-order valence-corrected chi connectivity index (χ3v) is 5.17. The predicted molar refractivity (Wildman–Crippen MR) is 101 cm³/mol. The van der Waals surface area contributed by atoms with E-state index in [1.165, 1.54) is 12.1 Å². The van der Waals surface area contributed by atoms with Gasteiger partial charge in [0.1, 0.15) is 12.4 Å². The molecule has 0 bridgehead atoms. The molecule has 2 aromatic rings. The molecule has 0 aliphatic carbocycles. The molecule has 1 amide bonds. The predicted octanol–water partition coefficient (Wildman–Crippen LogP) is 3.17. The van der Waals surface area contributed by atoms with Gasteiger partial charge in [0.2, 0.25) is 15.9 Å². The fourth-order valence-corrected chi connectivity index (χ4v) is 3.45. The van der Waals surface area contributed by atoms with E-state index >= 15 is 0 Å².